The van der Waals surface area contributed by atoms with Crippen LogP contribution in [-0.2, 0) is 0 Å². The lowest BCUT2D eigenvalue weighted by molar-refractivity contribution is 0.0704. The SMILES string of the molecule is O=C(Oc1ccc(-c2ccccc2)cc1)c1cc2cc(Br)ccc2o1. The summed E-state index contributed by atoms with van der Waals surface area (Å²) in [6, 6.07) is 24.7. The van der Waals surface area contributed by atoms with Crippen LogP contribution in [0.2, 0.25) is 0 Å². The highest BCUT2D eigenvalue weighted by Crippen LogP contribution is 2.25. The van der Waals surface area contributed by atoms with E-state index < -0.39 is 5.97 Å². The molecule has 0 bridgehead atoms. The molecule has 0 N–H and O–H groups in total. The Hall–Kier alpha value is -2.85. The maximum absolute atomic E-state index is 12.3. The van der Waals surface area contributed by atoms with Gasteiger partial charge in [-0.2, -0.15) is 0 Å². The van der Waals surface area contributed by atoms with Crippen molar-refractivity contribution in [2.24, 2.45) is 0 Å². The molecule has 25 heavy (non-hydrogen) atoms. The molecule has 0 radical (unpaired) electrons. The van der Waals surface area contributed by atoms with Gasteiger partial charge in [0.05, 0.1) is 0 Å². The lowest BCUT2D eigenvalue weighted by Gasteiger charge is -2.04. The van der Waals surface area contributed by atoms with Gasteiger partial charge in [0.2, 0.25) is 5.76 Å². The van der Waals surface area contributed by atoms with Gasteiger partial charge in [0.1, 0.15) is 11.3 Å². The van der Waals surface area contributed by atoms with Crippen LogP contribution in [0.4, 0.5) is 0 Å². The first-order valence-electron chi connectivity index (χ1n) is 7.76. The van der Waals surface area contributed by atoms with Gasteiger partial charge in [0.15, 0.2) is 0 Å². The average Bonchev–Trinajstić information content (AvgIpc) is 3.06. The fourth-order valence-corrected chi connectivity index (χ4v) is 3.00. The van der Waals surface area contributed by atoms with E-state index in [1.807, 2.05) is 60.7 Å². The Balaban J connectivity index is 1.53. The highest BCUT2D eigenvalue weighted by molar-refractivity contribution is 9.10. The van der Waals surface area contributed by atoms with Crippen LogP contribution in [0, 0.1) is 0 Å². The molecule has 1 aromatic heterocycles. The molecule has 0 aliphatic carbocycles. The van der Waals surface area contributed by atoms with Crippen LogP contribution in [0.1, 0.15) is 10.6 Å². The summed E-state index contributed by atoms with van der Waals surface area (Å²) in [5.41, 5.74) is 2.83. The Kier molecular flexibility index (Phi) is 4.12. The fraction of sp³-hybridized carbons (Fsp3) is 0. The standard InChI is InChI=1S/C21H13BrO3/c22-17-8-11-19-16(12-17)13-20(25-19)21(23)24-18-9-6-15(7-10-18)14-4-2-1-3-5-14/h1-13H. The lowest BCUT2D eigenvalue weighted by Crippen LogP contribution is -2.06. The number of halogens is 1. The highest BCUT2D eigenvalue weighted by Gasteiger charge is 2.15. The molecule has 0 fully saturated rings. The van der Waals surface area contributed by atoms with Gasteiger partial charge in [-0.1, -0.05) is 58.4 Å². The monoisotopic (exact) mass is 392 g/mol. The van der Waals surface area contributed by atoms with E-state index in [0.717, 1.165) is 21.0 Å². The van der Waals surface area contributed by atoms with Crippen LogP contribution in [0.15, 0.2) is 87.8 Å². The van der Waals surface area contributed by atoms with Crippen molar-refractivity contribution in [3.05, 3.63) is 89.1 Å². The second-order valence-corrected chi connectivity index (χ2v) is 6.49. The summed E-state index contributed by atoms with van der Waals surface area (Å²) in [7, 11) is 0. The van der Waals surface area contributed by atoms with Crippen molar-refractivity contribution in [3.63, 3.8) is 0 Å². The van der Waals surface area contributed by atoms with Gasteiger partial charge in [-0.25, -0.2) is 4.79 Å². The van der Waals surface area contributed by atoms with Crippen molar-refractivity contribution in [2.75, 3.05) is 0 Å². The van der Waals surface area contributed by atoms with Crippen molar-refractivity contribution in [1.29, 1.82) is 0 Å². The molecule has 0 saturated heterocycles. The van der Waals surface area contributed by atoms with Crippen LogP contribution < -0.4 is 4.74 Å². The molecular weight excluding hydrogens is 380 g/mol. The normalized spacial score (nSPS) is 10.8. The summed E-state index contributed by atoms with van der Waals surface area (Å²) in [6.07, 6.45) is 0. The number of ether oxygens (including phenoxy) is 1. The lowest BCUT2D eigenvalue weighted by atomic mass is 10.1. The summed E-state index contributed by atoms with van der Waals surface area (Å²) in [5.74, 6) is 0.145. The maximum atomic E-state index is 12.3. The minimum atomic E-state index is -0.514. The topological polar surface area (TPSA) is 39.4 Å². The number of rotatable bonds is 3. The van der Waals surface area contributed by atoms with E-state index in [-0.39, 0.29) is 5.76 Å². The van der Waals surface area contributed by atoms with Gasteiger partial charge in [0, 0.05) is 9.86 Å². The van der Waals surface area contributed by atoms with Crippen LogP contribution in [0.3, 0.4) is 0 Å². The fourth-order valence-electron chi connectivity index (χ4n) is 2.62. The maximum Gasteiger partial charge on any atom is 0.379 e. The van der Waals surface area contributed by atoms with Gasteiger partial charge in [-0.15, -0.1) is 0 Å². The molecule has 0 saturated carbocycles. The minimum absolute atomic E-state index is 0.181. The Morgan fingerprint density at radius 1 is 0.840 bits per heavy atom. The molecule has 0 aliphatic heterocycles. The molecule has 4 rings (SSSR count). The number of fused-ring (bicyclic) bond motifs is 1. The predicted molar refractivity (Wildman–Crippen MR) is 101 cm³/mol. The van der Waals surface area contributed by atoms with Gasteiger partial charge >= 0.3 is 5.97 Å². The van der Waals surface area contributed by atoms with Crippen molar-refractivity contribution in [2.45, 2.75) is 0 Å². The Bertz CT molecular complexity index is 1030. The van der Waals surface area contributed by atoms with Crippen molar-refractivity contribution >= 4 is 32.9 Å². The quantitative estimate of drug-likeness (QED) is 0.313. The first kappa shape index (κ1) is 15.7. The Labute approximate surface area is 153 Å². The smallest absolute Gasteiger partial charge is 0.379 e. The molecule has 4 aromatic rings. The molecule has 0 amide bonds. The highest BCUT2D eigenvalue weighted by atomic mass is 79.9. The molecule has 3 nitrogen and oxygen atoms in total. The number of hydrogen-bond acceptors (Lipinski definition) is 3. The number of benzene rings is 3. The number of carbonyl (C=O) groups is 1. The first-order valence-corrected chi connectivity index (χ1v) is 8.55. The van der Waals surface area contributed by atoms with E-state index in [2.05, 4.69) is 15.9 Å². The average molecular weight is 393 g/mol. The molecule has 0 unspecified atom stereocenters. The third kappa shape index (κ3) is 3.35. The first-order chi connectivity index (χ1) is 12.2. The molecule has 4 heteroatoms. The van der Waals surface area contributed by atoms with E-state index in [4.69, 9.17) is 9.15 Å². The Morgan fingerprint density at radius 2 is 1.56 bits per heavy atom. The molecule has 0 atom stereocenters. The minimum Gasteiger partial charge on any atom is -0.449 e. The number of carbonyl (C=O) groups excluding carboxylic acids is 1. The largest absolute Gasteiger partial charge is 0.449 e. The Morgan fingerprint density at radius 3 is 2.32 bits per heavy atom. The number of furan rings is 1. The van der Waals surface area contributed by atoms with Gasteiger partial charge in [0.25, 0.3) is 0 Å². The summed E-state index contributed by atoms with van der Waals surface area (Å²) < 4.78 is 11.9. The van der Waals surface area contributed by atoms with Crippen molar-refractivity contribution in [1.82, 2.24) is 0 Å². The zero-order chi connectivity index (χ0) is 17.2. The third-order valence-electron chi connectivity index (χ3n) is 3.85. The molecule has 1 heterocycles. The van der Waals surface area contributed by atoms with E-state index in [1.54, 1.807) is 18.2 Å². The zero-order valence-corrected chi connectivity index (χ0v) is 14.7. The van der Waals surface area contributed by atoms with Crippen molar-refractivity contribution in [3.8, 4) is 16.9 Å². The van der Waals surface area contributed by atoms with E-state index >= 15 is 0 Å². The second kappa shape index (κ2) is 6.57. The number of hydrogen-bond donors (Lipinski definition) is 0. The van der Waals surface area contributed by atoms with Crippen LogP contribution >= 0.6 is 15.9 Å². The van der Waals surface area contributed by atoms with E-state index in [9.17, 15) is 4.79 Å². The van der Waals surface area contributed by atoms with Crippen LogP contribution in [-0.4, -0.2) is 5.97 Å². The third-order valence-corrected chi connectivity index (χ3v) is 4.34. The van der Waals surface area contributed by atoms with E-state index in [1.165, 1.54) is 0 Å². The van der Waals surface area contributed by atoms with E-state index in [0.29, 0.717) is 11.3 Å². The molecule has 0 aliphatic rings. The second-order valence-electron chi connectivity index (χ2n) is 5.57. The summed E-state index contributed by atoms with van der Waals surface area (Å²) in [5, 5.41) is 0.848. The summed E-state index contributed by atoms with van der Waals surface area (Å²) in [6.45, 7) is 0. The molecule has 3 aromatic carbocycles. The van der Waals surface area contributed by atoms with Gasteiger partial charge < -0.3 is 9.15 Å². The van der Waals surface area contributed by atoms with Crippen molar-refractivity contribution < 1.29 is 13.9 Å². The van der Waals surface area contributed by atoms with Gasteiger partial charge in [-0.05, 0) is 47.5 Å². The summed E-state index contributed by atoms with van der Waals surface area (Å²) in [4.78, 5) is 12.3. The zero-order valence-electron chi connectivity index (χ0n) is 13.1. The predicted octanol–water partition coefficient (Wildman–Crippen LogP) is 6.08. The molecular formula is C21H13BrO3. The molecule has 122 valence electrons. The van der Waals surface area contributed by atoms with Crippen LogP contribution in [0.5, 0.6) is 5.75 Å². The number of esters is 1. The summed E-state index contributed by atoms with van der Waals surface area (Å²) >= 11 is 3.40. The van der Waals surface area contributed by atoms with Gasteiger partial charge in [-0.3, -0.25) is 0 Å². The van der Waals surface area contributed by atoms with Crippen LogP contribution in [0.25, 0.3) is 22.1 Å². The molecule has 0 spiro atoms.